The second kappa shape index (κ2) is 8.25. The summed E-state index contributed by atoms with van der Waals surface area (Å²) in [4.78, 5) is 22.2. The molecule has 0 aromatic heterocycles. The molecule has 130 valence electrons. The van der Waals surface area contributed by atoms with Crippen molar-refractivity contribution in [1.29, 1.82) is 0 Å². The van der Waals surface area contributed by atoms with E-state index in [0.29, 0.717) is 10.0 Å². The van der Waals surface area contributed by atoms with Crippen molar-refractivity contribution in [1.82, 2.24) is 5.43 Å². The molecule has 0 atom stereocenters. The molecule has 0 bridgehead atoms. The van der Waals surface area contributed by atoms with Gasteiger partial charge in [0.2, 0.25) is 0 Å². The zero-order chi connectivity index (χ0) is 18.4. The number of benzene rings is 2. The monoisotopic (exact) mass is 406 g/mol. The molecule has 0 aliphatic carbocycles. The van der Waals surface area contributed by atoms with E-state index in [9.17, 15) is 20.0 Å². The van der Waals surface area contributed by atoms with E-state index in [2.05, 4.69) is 26.5 Å². The minimum Gasteiger partial charge on any atom is -0.865 e. The average molecular weight is 407 g/mol. The number of amides is 1. The fourth-order valence-corrected chi connectivity index (χ4v) is 2.42. The topological polar surface area (TPSA) is 117 Å². The third-order valence-corrected chi connectivity index (χ3v) is 3.74. The molecule has 0 saturated heterocycles. The highest BCUT2D eigenvalue weighted by atomic mass is 79.9. The number of hydrogen-bond donors (Lipinski definition) is 1. The Hall–Kier alpha value is -2.94. The number of nitro benzene ring substituents is 1. The van der Waals surface area contributed by atoms with Crippen molar-refractivity contribution < 1.29 is 19.6 Å². The van der Waals surface area contributed by atoms with Crippen LogP contribution in [0.15, 0.2) is 46.0 Å². The van der Waals surface area contributed by atoms with Crippen LogP contribution in [0.1, 0.15) is 22.8 Å². The molecule has 0 heterocycles. The predicted octanol–water partition coefficient (Wildman–Crippen LogP) is 2.59. The summed E-state index contributed by atoms with van der Waals surface area (Å²) in [5.41, 5.74) is 2.33. The number of nitrogens with zero attached hydrogens (tertiary/aromatic N) is 2. The molecule has 0 aliphatic heterocycles. The van der Waals surface area contributed by atoms with Gasteiger partial charge in [-0.2, -0.15) is 5.10 Å². The number of nitro groups is 1. The molecule has 1 amide bonds. The third kappa shape index (κ3) is 4.54. The van der Waals surface area contributed by atoms with Gasteiger partial charge in [0, 0.05) is 21.9 Å². The van der Waals surface area contributed by atoms with Gasteiger partial charge in [-0.05, 0) is 41.1 Å². The van der Waals surface area contributed by atoms with E-state index < -0.39 is 22.3 Å². The van der Waals surface area contributed by atoms with Crippen LogP contribution in [-0.2, 0) is 0 Å². The zero-order valence-corrected chi connectivity index (χ0v) is 14.6. The minimum absolute atomic E-state index is 0.143. The Labute approximate surface area is 151 Å². The van der Waals surface area contributed by atoms with E-state index in [1.807, 2.05) is 0 Å². The molecule has 1 N–H and O–H groups in total. The van der Waals surface area contributed by atoms with Gasteiger partial charge in [0.15, 0.2) is 0 Å². The number of nitrogens with one attached hydrogen (secondary N) is 1. The molecular weight excluding hydrogens is 394 g/mol. The number of carbonyl (C=O) groups is 1. The van der Waals surface area contributed by atoms with E-state index in [0.717, 1.165) is 6.07 Å². The number of hydrogen-bond acceptors (Lipinski definition) is 6. The third-order valence-electron chi connectivity index (χ3n) is 3.05. The first-order chi connectivity index (χ1) is 11.9. The highest BCUT2D eigenvalue weighted by molar-refractivity contribution is 9.10. The molecular formula is C16H13BrN3O5-. The highest BCUT2D eigenvalue weighted by Crippen LogP contribution is 2.34. The molecule has 0 unspecified atom stereocenters. The smallest absolute Gasteiger partial charge is 0.272 e. The first kappa shape index (κ1) is 18.4. The second-order valence-electron chi connectivity index (χ2n) is 4.74. The molecule has 25 heavy (non-hydrogen) atoms. The maximum absolute atomic E-state index is 12.0. The van der Waals surface area contributed by atoms with Crippen molar-refractivity contribution in [2.75, 3.05) is 6.61 Å². The first-order valence-electron chi connectivity index (χ1n) is 7.14. The van der Waals surface area contributed by atoms with Gasteiger partial charge in [0.05, 0.1) is 23.3 Å². The Morgan fingerprint density at radius 1 is 1.40 bits per heavy atom. The van der Waals surface area contributed by atoms with Gasteiger partial charge in [-0.15, -0.1) is 0 Å². The molecule has 2 aromatic rings. The fraction of sp³-hybridized carbons (Fsp3) is 0.125. The lowest BCUT2D eigenvalue weighted by atomic mass is 10.2. The average Bonchev–Trinajstić information content (AvgIpc) is 2.57. The summed E-state index contributed by atoms with van der Waals surface area (Å²) in [5.74, 6) is -1.40. The molecule has 2 aromatic carbocycles. The lowest BCUT2D eigenvalue weighted by Gasteiger charge is -2.14. The van der Waals surface area contributed by atoms with Crippen molar-refractivity contribution in [3.63, 3.8) is 0 Å². The van der Waals surface area contributed by atoms with E-state index in [-0.39, 0.29) is 17.9 Å². The molecule has 9 heteroatoms. The van der Waals surface area contributed by atoms with E-state index in [1.165, 1.54) is 12.3 Å². The number of rotatable bonds is 6. The van der Waals surface area contributed by atoms with Crippen LogP contribution in [0, 0.1) is 10.1 Å². The van der Waals surface area contributed by atoms with Crippen molar-refractivity contribution >= 4 is 33.7 Å². The van der Waals surface area contributed by atoms with Crippen LogP contribution >= 0.6 is 15.9 Å². The molecule has 0 aliphatic rings. The Morgan fingerprint density at radius 2 is 2.12 bits per heavy atom. The maximum atomic E-state index is 12.0. The molecule has 2 rings (SSSR count). The van der Waals surface area contributed by atoms with Gasteiger partial charge in [0.1, 0.15) is 5.75 Å². The van der Waals surface area contributed by atoms with Gasteiger partial charge in [0.25, 0.3) is 11.6 Å². The van der Waals surface area contributed by atoms with Crippen molar-refractivity contribution in [3.05, 3.63) is 62.1 Å². The Morgan fingerprint density at radius 3 is 2.76 bits per heavy atom. The summed E-state index contributed by atoms with van der Waals surface area (Å²) >= 11 is 3.25. The van der Waals surface area contributed by atoms with Gasteiger partial charge in [-0.3, -0.25) is 14.9 Å². The lowest BCUT2D eigenvalue weighted by molar-refractivity contribution is -0.398. The number of halogens is 1. The van der Waals surface area contributed by atoms with Gasteiger partial charge in [-0.25, -0.2) is 5.43 Å². The van der Waals surface area contributed by atoms with Crippen LogP contribution in [0.3, 0.4) is 0 Å². The Balaban J connectivity index is 2.21. The molecule has 8 nitrogen and oxygen atoms in total. The maximum Gasteiger partial charge on any atom is 0.272 e. The van der Waals surface area contributed by atoms with Gasteiger partial charge < -0.3 is 9.84 Å². The van der Waals surface area contributed by atoms with Crippen molar-refractivity contribution in [2.24, 2.45) is 5.10 Å². The summed E-state index contributed by atoms with van der Waals surface area (Å²) in [5, 5.41) is 26.6. The van der Waals surface area contributed by atoms with Crippen molar-refractivity contribution in [3.8, 4) is 11.5 Å². The van der Waals surface area contributed by atoms with Crippen LogP contribution in [0.25, 0.3) is 0 Å². The molecule has 0 saturated carbocycles. The summed E-state index contributed by atoms with van der Waals surface area (Å²) in [7, 11) is 0. The number of hydrazone groups is 1. The lowest BCUT2D eigenvalue weighted by Crippen LogP contribution is -2.18. The van der Waals surface area contributed by atoms with E-state index >= 15 is 0 Å². The minimum atomic E-state index is -0.804. The number of ether oxygens (including phenoxy) is 1. The summed E-state index contributed by atoms with van der Waals surface area (Å²) < 4.78 is 5.71. The van der Waals surface area contributed by atoms with Gasteiger partial charge in [-0.1, -0.05) is 12.1 Å². The van der Waals surface area contributed by atoms with Crippen LogP contribution in [0.2, 0.25) is 0 Å². The Kier molecular flexibility index (Phi) is 6.07. The normalized spacial score (nSPS) is 10.6. The molecule has 0 spiro atoms. The largest absolute Gasteiger partial charge is 0.865 e. The van der Waals surface area contributed by atoms with Crippen molar-refractivity contribution in [2.45, 2.75) is 6.92 Å². The highest BCUT2D eigenvalue weighted by Gasteiger charge is 2.13. The van der Waals surface area contributed by atoms with Crippen LogP contribution < -0.4 is 15.3 Å². The first-order valence-corrected chi connectivity index (χ1v) is 7.93. The standard InChI is InChI=1S/C16H14BrN3O5/c1-2-25-14-8-10(7-13(15(14)21)20(23)24)9-18-19-16(22)11-5-3-4-6-12(11)17/h3-9,21H,2H2,1H3,(H,19,22)/p-1/b18-9-. The van der Waals surface area contributed by atoms with E-state index in [4.69, 9.17) is 4.74 Å². The fourth-order valence-electron chi connectivity index (χ4n) is 1.95. The summed E-state index contributed by atoms with van der Waals surface area (Å²) in [6.07, 6.45) is 1.20. The van der Waals surface area contributed by atoms with Crippen LogP contribution in [0.5, 0.6) is 11.5 Å². The second-order valence-corrected chi connectivity index (χ2v) is 5.59. The summed E-state index contributed by atoms with van der Waals surface area (Å²) in [6, 6.07) is 9.19. The quantitative estimate of drug-likeness (QED) is 0.449. The molecule has 0 radical (unpaired) electrons. The van der Waals surface area contributed by atoms with E-state index in [1.54, 1.807) is 31.2 Å². The molecule has 0 fully saturated rings. The van der Waals surface area contributed by atoms with Crippen LogP contribution in [-0.4, -0.2) is 23.7 Å². The summed E-state index contributed by atoms with van der Waals surface area (Å²) in [6.45, 7) is 1.84. The SMILES string of the molecule is CCOc1cc(/C=N\NC(=O)c2ccccc2Br)cc([N+](=O)[O-])c1[O-]. The van der Waals surface area contributed by atoms with Gasteiger partial charge >= 0.3 is 0 Å². The van der Waals surface area contributed by atoms with Crippen LogP contribution in [0.4, 0.5) is 5.69 Å². The predicted molar refractivity (Wildman–Crippen MR) is 92.9 cm³/mol. The zero-order valence-electron chi connectivity index (χ0n) is 13.1. The number of carbonyl (C=O) groups excluding carboxylic acids is 1. The Bertz CT molecular complexity index is 839.